The molecule has 0 aliphatic rings. The number of hydrogen-bond donors (Lipinski definition) is 0. The second kappa shape index (κ2) is 5.34. The quantitative estimate of drug-likeness (QED) is 0.510. The molecule has 0 radical (unpaired) electrons. The number of rotatable bonds is 1. The Labute approximate surface area is 130 Å². The summed E-state index contributed by atoms with van der Waals surface area (Å²) < 4.78 is 3.43. The van der Waals surface area contributed by atoms with E-state index in [2.05, 4.69) is 68.7 Å². The normalized spacial score (nSPS) is 10.2. The second-order valence-electron chi connectivity index (χ2n) is 3.58. The molecule has 0 atom stereocenters. The number of hydrogen-bond acceptors (Lipinski definition) is 1. The minimum Gasteiger partial charge on any atom is -0.314 e. The summed E-state index contributed by atoms with van der Waals surface area (Å²) in [6, 6.07) is 12.4. The van der Waals surface area contributed by atoms with Crippen molar-refractivity contribution >= 4 is 57.5 Å². The highest BCUT2D eigenvalue weighted by Gasteiger charge is 2.06. The number of fused-ring (bicyclic) bond motifs is 1. The van der Waals surface area contributed by atoms with Crippen LogP contribution in [0.2, 0.25) is 0 Å². The molecule has 0 unspecified atom stereocenters. The van der Waals surface area contributed by atoms with Crippen molar-refractivity contribution in [1.29, 1.82) is 0 Å². The average molecular weight is 448 g/mol. The molecule has 3 rings (SSSR count). The standard InChI is InChI=1S/C13H9IN2.HI/c14-12-9-16(10-4-3-7-15-8-10)13-6-2-1-5-11(12)13;/h1-9H;1H. The highest BCUT2D eigenvalue weighted by Crippen LogP contribution is 2.25. The van der Waals surface area contributed by atoms with Crippen LogP contribution in [0.1, 0.15) is 0 Å². The van der Waals surface area contributed by atoms with Crippen molar-refractivity contribution in [3.63, 3.8) is 0 Å². The highest BCUT2D eigenvalue weighted by molar-refractivity contribution is 14.1. The fourth-order valence-corrected chi connectivity index (χ4v) is 2.58. The van der Waals surface area contributed by atoms with Gasteiger partial charge in [-0.2, -0.15) is 0 Å². The van der Waals surface area contributed by atoms with Gasteiger partial charge < -0.3 is 4.57 Å². The third kappa shape index (κ3) is 2.33. The smallest absolute Gasteiger partial charge is 0.0639 e. The molecule has 0 N–H and O–H groups in total. The van der Waals surface area contributed by atoms with E-state index < -0.39 is 0 Å². The molecular formula is C13H10I2N2. The lowest BCUT2D eigenvalue weighted by atomic mass is 10.2. The van der Waals surface area contributed by atoms with Gasteiger partial charge in [-0.1, -0.05) is 18.2 Å². The molecule has 2 aromatic heterocycles. The molecule has 0 aliphatic heterocycles. The Kier molecular flexibility index (Phi) is 4.03. The van der Waals surface area contributed by atoms with Crippen LogP contribution in [0, 0.1) is 3.57 Å². The molecule has 0 spiro atoms. The predicted octanol–water partition coefficient (Wildman–Crippen LogP) is 4.25. The number of nitrogens with zero attached hydrogens (tertiary/aromatic N) is 2. The maximum absolute atomic E-state index is 4.15. The lowest BCUT2D eigenvalue weighted by Gasteiger charge is -2.03. The Morgan fingerprint density at radius 1 is 1.06 bits per heavy atom. The van der Waals surface area contributed by atoms with Crippen molar-refractivity contribution in [3.05, 3.63) is 58.6 Å². The molecule has 0 aliphatic carbocycles. The van der Waals surface area contributed by atoms with Crippen molar-refractivity contribution in [1.82, 2.24) is 9.55 Å². The molecule has 2 nitrogen and oxygen atoms in total. The summed E-state index contributed by atoms with van der Waals surface area (Å²) in [6.07, 6.45) is 5.81. The monoisotopic (exact) mass is 448 g/mol. The summed E-state index contributed by atoms with van der Waals surface area (Å²) in [5.41, 5.74) is 2.32. The third-order valence-corrected chi connectivity index (χ3v) is 3.45. The Balaban J connectivity index is 0.00000108. The molecule has 3 aromatic rings. The molecule has 1 aromatic carbocycles. The van der Waals surface area contributed by atoms with Gasteiger partial charge in [-0.25, -0.2) is 0 Å². The van der Waals surface area contributed by atoms with Crippen LogP contribution in [0.4, 0.5) is 0 Å². The van der Waals surface area contributed by atoms with Crippen LogP contribution in [-0.4, -0.2) is 9.55 Å². The summed E-state index contributed by atoms with van der Waals surface area (Å²) in [5.74, 6) is 0. The largest absolute Gasteiger partial charge is 0.314 e. The van der Waals surface area contributed by atoms with Gasteiger partial charge in [0, 0.05) is 21.4 Å². The van der Waals surface area contributed by atoms with Crippen LogP contribution in [0.25, 0.3) is 16.6 Å². The Morgan fingerprint density at radius 2 is 1.88 bits per heavy atom. The van der Waals surface area contributed by atoms with Crippen LogP contribution in [0.3, 0.4) is 0 Å². The maximum Gasteiger partial charge on any atom is 0.0639 e. The van der Waals surface area contributed by atoms with Crippen LogP contribution >= 0.6 is 46.6 Å². The number of aromatic nitrogens is 2. The minimum absolute atomic E-state index is 0. The van der Waals surface area contributed by atoms with Gasteiger partial charge in [0.1, 0.15) is 0 Å². The Hall–Kier alpha value is -0.630. The zero-order valence-electron chi connectivity index (χ0n) is 8.88. The number of para-hydroxylation sites is 1. The second-order valence-corrected chi connectivity index (χ2v) is 4.74. The summed E-state index contributed by atoms with van der Waals surface area (Å²) in [5, 5.41) is 1.28. The van der Waals surface area contributed by atoms with Gasteiger partial charge in [0.2, 0.25) is 0 Å². The van der Waals surface area contributed by atoms with Crippen molar-refractivity contribution in [3.8, 4) is 5.69 Å². The number of halogens is 2. The molecule has 0 saturated carbocycles. The zero-order chi connectivity index (χ0) is 11.0. The first kappa shape index (κ1) is 12.8. The van der Waals surface area contributed by atoms with Crippen LogP contribution in [-0.2, 0) is 0 Å². The first-order valence-corrected chi connectivity index (χ1v) is 6.10. The summed E-state index contributed by atoms with van der Waals surface area (Å²) in [7, 11) is 0. The van der Waals surface area contributed by atoms with E-state index in [-0.39, 0.29) is 24.0 Å². The SMILES string of the molecule is I.Ic1cn(-c2cccnc2)c2ccccc12. The van der Waals surface area contributed by atoms with Gasteiger partial charge in [0.25, 0.3) is 0 Å². The van der Waals surface area contributed by atoms with Crippen molar-refractivity contribution < 1.29 is 0 Å². The van der Waals surface area contributed by atoms with E-state index in [4.69, 9.17) is 0 Å². The molecule has 86 valence electrons. The zero-order valence-corrected chi connectivity index (χ0v) is 13.4. The highest BCUT2D eigenvalue weighted by atomic mass is 127. The van der Waals surface area contributed by atoms with E-state index in [0.29, 0.717) is 0 Å². The fourth-order valence-electron chi connectivity index (χ4n) is 1.85. The number of benzene rings is 1. The number of pyridine rings is 1. The first-order valence-electron chi connectivity index (χ1n) is 5.02. The van der Waals surface area contributed by atoms with Crippen molar-refractivity contribution in [2.45, 2.75) is 0 Å². The Bertz CT molecular complexity index is 632. The molecule has 0 saturated heterocycles. The average Bonchev–Trinajstić information content (AvgIpc) is 2.69. The molecule has 4 heteroatoms. The van der Waals surface area contributed by atoms with E-state index in [0.717, 1.165) is 5.69 Å². The minimum atomic E-state index is 0. The third-order valence-electron chi connectivity index (χ3n) is 2.59. The fraction of sp³-hybridized carbons (Fsp3) is 0. The van der Waals surface area contributed by atoms with Crippen LogP contribution in [0.5, 0.6) is 0 Å². The van der Waals surface area contributed by atoms with E-state index >= 15 is 0 Å². The first-order chi connectivity index (χ1) is 7.86. The molecular weight excluding hydrogens is 438 g/mol. The van der Waals surface area contributed by atoms with Crippen molar-refractivity contribution in [2.75, 3.05) is 0 Å². The lowest BCUT2D eigenvalue weighted by Crippen LogP contribution is -1.91. The molecule has 0 amide bonds. The van der Waals surface area contributed by atoms with Gasteiger partial charge in [-0.05, 0) is 40.8 Å². The summed E-state index contributed by atoms with van der Waals surface area (Å²) >= 11 is 2.36. The lowest BCUT2D eigenvalue weighted by molar-refractivity contribution is 1.10. The molecule has 0 fully saturated rings. The topological polar surface area (TPSA) is 17.8 Å². The van der Waals surface area contributed by atoms with Gasteiger partial charge in [-0.3, -0.25) is 4.98 Å². The maximum atomic E-state index is 4.15. The summed E-state index contributed by atoms with van der Waals surface area (Å²) in [4.78, 5) is 4.15. The van der Waals surface area contributed by atoms with Gasteiger partial charge in [0.05, 0.1) is 17.4 Å². The predicted molar refractivity (Wildman–Crippen MR) is 89.2 cm³/mol. The van der Waals surface area contributed by atoms with E-state index in [1.54, 1.807) is 6.20 Å². The van der Waals surface area contributed by atoms with Crippen molar-refractivity contribution in [2.24, 2.45) is 0 Å². The molecule has 17 heavy (non-hydrogen) atoms. The Morgan fingerprint density at radius 3 is 2.65 bits per heavy atom. The van der Waals surface area contributed by atoms with E-state index in [1.807, 2.05) is 12.3 Å². The van der Waals surface area contributed by atoms with E-state index in [9.17, 15) is 0 Å². The van der Waals surface area contributed by atoms with Crippen LogP contribution in [0.15, 0.2) is 55.0 Å². The van der Waals surface area contributed by atoms with E-state index in [1.165, 1.54) is 14.5 Å². The molecule has 2 heterocycles. The van der Waals surface area contributed by atoms with Crippen LogP contribution < -0.4 is 0 Å². The summed E-state index contributed by atoms with van der Waals surface area (Å²) in [6.45, 7) is 0. The van der Waals surface area contributed by atoms with Gasteiger partial charge in [0.15, 0.2) is 0 Å². The van der Waals surface area contributed by atoms with Gasteiger partial charge in [-0.15, -0.1) is 24.0 Å². The van der Waals surface area contributed by atoms with Gasteiger partial charge >= 0.3 is 0 Å². The molecule has 0 bridgehead atoms.